The van der Waals surface area contributed by atoms with Gasteiger partial charge in [0.15, 0.2) is 0 Å². The van der Waals surface area contributed by atoms with E-state index in [1.54, 1.807) is 0 Å². The number of nitrogens with one attached hydrogen (secondary N) is 1. The smallest absolute Gasteiger partial charge is 0.0511 e. The summed E-state index contributed by atoms with van der Waals surface area (Å²) in [5, 5.41) is 4.18. The summed E-state index contributed by atoms with van der Waals surface area (Å²) in [6, 6.07) is 16.9. The maximum absolute atomic E-state index is 5.97. The van der Waals surface area contributed by atoms with Gasteiger partial charge in [-0.05, 0) is 42.8 Å². The zero-order chi connectivity index (χ0) is 15.2. The second-order valence-corrected chi connectivity index (χ2v) is 5.68. The Balaban J connectivity index is 2.22. The summed E-state index contributed by atoms with van der Waals surface area (Å²) >= 11 is 5.97. The molecule has 0 fully saturated rings. The first kappa shape index (κ1) is 15.9. The molecule has 2 nitrogen and oxygen atoms in total. The average Bonchev–Trinajstić information content (AvgIpc) is 2.52. The Kier molecular flexibility index (Phi) is 5.66. The number of hydrogen-bond acceptors (Lipinski definition) is 2. The van der Waals surface area contributed by atoms with Crippen molar-refractivity contribution in [3.8, 4) is 0 Å². The summed E-state index contributed by atoms with van der Waals surface area (Å²) in [5.74, 6) is 0. The predicted octanol–water partition coefficient (Wildman–Crippen LogP) is 4.65. The molecule has 0 saturated carbocycles. The van der Waals surface area contributed by atoms with E-state index in [1.165, 1.54) is 16.8 Å². The van der Waals surface area contributed by atoms with E-state index in [0.29, 0.717) is 6.04 Å². The van der Waals surface area contributed by atoms with E-state index in [1.807, 2.05) is 12.1 Å². The summed E-state index contributed by atoms with van der Waals surface area (Å²) < 4.78 is 0. The molecule has 2 rings (SSSR count). The van der Waals surface area contributed by atoms with Gasteiger partial charge in [-0.25, -0.2) is 0 Å². The highest BCUT2D eigenvalue weighted by molar-refractivity contribution is 6.30. The molecule has 1 N–H and O–H groups in total. The van der Waals surface area contributed by atoms with Gasteiger partial charge in [0.05, 0.1) is 6.04 Å². The average molecular weight is 303 g/mol. The molecular formula is C18H23ClN2. The lowest BCUT2D eigenvalue weighted by atomic mass is 10.0. The highest BCUT2D eigenvalue weighted by atomic mass is 35.5. The molecule has 2 aromatic carbocycles. The van der Waals surface area contributed by atoms with Gasteiger partial charge in [0.1, 0.15) is 0 Å². The van der Waals surface area contributed by atoms with Gasteiger partial charge in [-0.1, -0.05) is 48.9 Å². The van der Waals surface area contributed by atoms with E-state index in [-0.39, 0.29) is 0 Å². The maximum atomic E-state index is 5.97. The standard InChI is InChI=1S/C18H23ClN2/c1-4-20-13-16-7-5-6-8-18(16)21(3)14(2)15-9-11-17(19)12-10-15/h5-12,14,20H,4,13H2,1-3H3. The molecule has 0 heterocycles. The van der Waals surface area contributed by atoms with Crippen LogP contribution in [0.4, 0.5) is 5.69 Å². The van der Waals surface area contributed by atoms with E-state index < -0.39 is 0 Å². The Morgan fingerprint density at radius 2 is 1.76 bits per heavy atom. The normalized spacial score (nSPS) is 12.2. The second-order valence-electron chi connectivity index (χ2n) is 5.25. The van der Waals surface area contributed by atoms with Gasteiger partial charge >= 0.3 is 0 Å². The van der Waals surface area contributed by atoms with E-state index in [0.717, 1.165) is 18.1 Å². The van der Waals surface area contributed by atoms with Crippen LogP contribution in [0.15, 0.2) is 48.5 Å². The molecule has 0 aliphatic heterocycles. The first-order valence-corrected chi connectivity index (χ1v) is 7.78. The number of hydrogen-bond donors (Lipinski definition) is 1. The van der Waals surface area contributed by atoms with Crippen LogP contribution in [0, 0.1) is 0 Å². The number of benzene rings is 2. The van der Waals surface area contributed by atoms with Gasteiger partial charge in [-0.2, -0.15) is 0 Å². The molecule has 1 unspecified atom stereocenters. The summed E-state index contributed by atoms with van der Waals surface area (Å²) in [6.45, 7) is 6.21. The van der Waals surface area contributed by atoms with Crippen LogP contribution in [0.2, 0.25) is 5.02 Å². The first-order valence-electron chi connectivity index (χ1n) is 7.40. The fourth-order valence-electron chi connectivity index (χ4n) is 2.44. The van der Waals surface area contributed by atoms with Gasteiger partial charge in [0.2, 0.25) is 0 Å². The molecule has 2 aromatic rings. The Morgan fingerprint density at radius 3 is 2.43 bits per heavy atom. The zero-order valence-electron chi connectivity index (χ0n) is 12.9. The number of nitrogens with zero attached hydrogens (tertiary/aromatic N) is 1. The summed E-state index contributed by atoms with van der Waals surface area (Å²) in [7, 11) is 2.14. The molecule has 0 bridgehead atoms. The van der Waals surface area contributed by atoms with E-state index in [2.05, 4.69) is 67.5 Å². The van der Waals surface area contributed by atoms with Crippen molar-refractivity contribution in [2.45, 2.75) is 26.4 Å². The third kappa shape index (κ3) is 3.99. The van der Waals surface area contributed by atoms with Crippen LogP contribution >= 0.6 is 11.6 Å². The quantitative estimate of drug-likeness (QED) is 0.836. The van der Waals surface area contributed by atoms with Crippen LogP contribution in [-0.4, -0.2) is 13.6 Å². The van der Waals surface area contributed by atoms with Crippen molar-refractivity contribution in [1.29, 1.82) is 0 Å². The number of anilines is 1. The lowest BCUT2D eigenvalue weighted by Gasteiger charge is -2.29. The Bertz CT molecular complexity index is 566. The molecule has 21 heavy (non-hydrogen) atoms. The third-order valence-corrected chi connectivity index (χ3v) is 4.12. The van der Waals surface area contributed by atoms with E-state index >= 15 is 0 Å². The molecule has 112 valence electrons. The van der Waals surface area contributed by atoms with Crippen molar-refractivity contribution in [2.75, 3.05) is 18.5 Å². The fourth-order valence-corrected chi connectivity index (χ4v) is 2.56. The van der Waals surface area contributed by atoms with Crippen LogP contribution in [-0.2, 0) is 6.54 Å². The third-order valence-electron chi connectivity index (χ3n) is 3.87. The van der Waals surface area contributed by atoms with Gasteiger partial charge in [-0.3, -0.25) is 0 Å². The molecule has 1 atom stereocenters. The molecule has 0 aliphatic carbocycles. The molecule has 3 heteroatoms. The van der Waals surface area contributed by atoms with E-state index in [9.17, 15) is 0 Å². The molecule has 0 amide bonds. The molecule has 0 saturated heterocycles. The van der Waals surface area contributed by atoms with Crippen LogP contribution < -0.4 is 10.2 Å². The second kappa shape index (κ2) is 7.48. The minimum Gasteiger partial charge on any atom is -0.368 e. The van der Waals surface area contributed by atoms with Crippen LogP contribution in [0.5, 0.6) is 0 Å². The first-order chi connectivity index (χ1) is 10.1. The summed E-state index contributed by atoms with van der Waals surface area (Å²) in [4.78, 5) is 2.32. The van der Waals surface area contributed by atoms with Crippen molar-refractivity contribution in [3.63, 3.8) is 0 Å². The van der Waals surface area contributed by atoms with Crippen LogP contribution in [0.3, 0.4) is 0 Å². The lowest BCUT2D eigenvalue weighted by molar-refractivity contribution is 0.704. The van der Waals surface area contributed by atoms with Crippen molar-refractivity contribution in [1.82, 2.24) is 5.32 Å². The number of halogens is 1. The van der Waals surface area contributed by atoms with Crippen LogP contribution in [0.25, 0.3) is 0 Å². The largest absolute Gasteiger partial charge is 0.368 e. The van der Waals surface area contributed by atoms with Gasteiger partial charge in [-0.15, -0.1) is 0 Å². The van der Waals surface area contributed by atoms with Gasteiger partial charge in [0.25, 0.3) is 0 Å². The number of para-hydroxylation sites is 1. The maximum Gasteiger partial charge on any atom is 0.0511 e. The molecule has 0 aliphatic rings. The monoisotopic (exact) mass is 302 g/mol. The molecule has 0 aromatic heterocycles. The number of rotatable bonds is 6. The summed E-state index contributed by atoms with van der Waals surface area (Å²) in [5.41, 5.74) is 3.85. The fraction of sp³-hybridized carbons (Fsp3) is 0.333. The zero-order valence-corrected chi connectivity index (χ0v) is 13.7. The van der Waals surface area contributed by atoms with Crippen LogP contribution in [0.1, 0.15) is 31.0 Å². The Morgan fingerprint density at radius 1 is 1.10 bits per heavy atom. The minimum absolute atomic E-state index is 0.296. The van der Waals surface area contributed by atoms with Crippen molar-refractivity contribution < 1.29 is 0 Å². The minimum atomic E-state index is 0.296. The highest BCUT2D eigenvalue weighted by Gasteiger charge is 2.14. The van der Waals surface area contributed by atoms with Gasteiger partial charge in [0, 0.05) is 24.3 Å². The van der Waals surface area contributed by atoms with Crippen molar-refractivity contribution in [2.24, 2.45) is 0 Å². The summed E-state index contributed by atoms with van der Waals surface area (Å²) in [6.07, 6.45) is 0. The van der Waals surface area contributed by atoms with Crippen molar-refractivity contribution >= 4 is 17.3 Å². The Hall–Kier alpha value is -1.51. The van der Waals surface area contributed by atoms with Crippen molar-refractivity contribution in [3.05, 3.63) is 64.7 Å². The van der Waals surface area contributed by atoms with Gasteiger partial charge < -0.3 is 10.2 Å². The Labute approximate surface area is 132 Å². The molecule has 0 radical (unpaired) electrons. The molecular weight excluding hydrogens is 280 g/mol. The lowest BCUT2D eigenvalue weighted by Crippen LogP contribution is -2.24. The molecule has 0 spiro atoms. The topological polar surface area (TPSA) is 15.3 Å². The highest BCUT2D eigenvalue weighted by Crippen LogP contribution is 2.28. The predicted molar refractivity (Wildman–Crippen MR) is 92.1 cm³/mol. The van der Waals surface area contributed by atoms with E-state index in [4.69, 9.17) is 11.6 Å². The SMILES string of the molecule is CCNCc1ccccc1N(C)C(C)c1ccc(Cl)cc1.